The van der Waals surface area contributed by atoms with Gasteiger partial charge in [-0.3, -0.25) is 0 Å². The SMILES string of the molecule is CCC[C@H]1C[C@@H](CO[Si](C)(C)C(C)(C)C)N(C(=O)OC(C)(C)C)C1. The minimum atomic E-state index is -1.80. The van der Waals surface area contributed by atoms with Gasteiger partial charge in [0.05, 0.1) is 12.6 Å². The summed E-state index contributed by atoms with van der Waals surface area (Å²) in [6.45, 7) is 20.7. The van der Waals surface area contributed by atoms with Crippen LogP contribution in [0.4, 0.5) is 4.79 Å². The summed E-state index contributed by atoms with van der Waals surface area (Å²) in [4.78, 5) is 14.5. The molecule has 1 amide bonds. The van der Waals surface area contributed by atoms with Crippen LogP contribution < -0.4 is 0 Å². The molecular weight excluding hydrogens is 318 g/mol. The highest BCUT2D eigenvalue weighted by molar-refractivity contribution is 6.74. The van der Waals surface area contributed by atoms with Crippen LogP contribution in [0.5, 0.6) is 0 Å². The molecule has 0 bridgehead atoms. The summed E-state index contributed by atoms with van der Waals surface area (Å²) in [5.41, 5.74) is -0.454. The van der Waals surface area contributed by atoms with E-state index in [9.17, 15) is 4.79 Å². The van der Waals surface area contributed by atoms with E-state index >= 15 is 0 Å². The molecule has 1 rings (SSSR count). The van der Waals surface area contributed by atoms with Crippen molar-refractivity contribution in [2.45, 2.75) is 97.5 Å². The summed E-state index contributed by atoms with van der Waals surface area (Å²) < 4.78 is 12.0. The Morgan fingerprint density at radius 3 is 2.21 bits per heavy atom. The number of hydrogen-bond donors (Lipinski definition) is 0. The molecule has 4 nitrogen and oxygen atoms in total. The molecule has 0 spiro atoms. The van der Waals surface area contributed by atoms with Crippen LogP contribution in [0.25, 0.3) is 0 Å². The second kappa shape index (κ2) is 7.77. The van der Waals surface area contributed by atoms with Crippen LogP contribution in [0.3, 0.4) is 0 Å². The standard InChI is InChI=1S/C19H39NO3Si/c1-10-11-15-12-16(14-22-24(8,9)19(5,6)7)20(13-15)17(21)23-18(2,3)4/h15-16H,10-14H2,1-9H3/t15-,16-/m0/s1. The van der Waals surface area contributed by atoms with Crippen LogP contribution in [0.15, 0.2) is 0 Å². The molecule has 24 heavy (non-hydrogen) atoms. The molecule has 1 aliphatic rings. The molecule has 0 unspecified atom stereocenters. The zero-order valence-electron chi connectivity index (χ0n) is 17.4. The molecule has 2 atom stereocenters. The molecule has 1 aliphatic heterocycles. The van der Waals surface area contributed by atoms with E-state index < -0.39 is 13.9 Å². The predicted octanol–water partition coefficient (Wildman–Crippen LogP) is 5.43. The third-order valence-electron chi connectivity index (χ3n) is 5.27. The maximum atomic E-state index is 12.6. The lowest BCUT2D eigenvalue weighted by atomic mass is 10.0. The lowest BCUT2D eigenvalue weighted by molar-refractivity contribution is 0.0177. The molecule has 1 saturated heterocycles. The van der Waals surface area contributed by atoms with E-state index in [2.05, 4.69) is 40.8 Å². The van der Waals surface area contributed by atoms with Gasteiger partial charge >= 0.3 is 6.09 Å². The molecule has 0 N–H and O–H groups in total. The Balaban J connectivity index is 2.78. The van der Waals surface area contributed by atoms with Gasteiger partial charge in [0.25, 0.3) is 0 Å². The van der Waals surface area contributed by atoms with Crippen LogP contribution >= 0.6 is 0 Å². The van der Waals surface area contributed by atoms with Gasteiger partial charge in [-0.1, -0.05) is 34.1 Å². The summed E-state index contributed by atoms with van der Waals surface area (Å²) >= 11 is 0. The van der Waals surface area contributed by atoms with Gasteiger partial charge in [0.1, 0.15) is 5.60 Å². The first-order valence-electron chi connectivity index (χ1n) is 9.40. The van der Waals surface area contributed by atoms with Crippen molar-refractivity contribution >= 4 is 14.4 Å². The number of ether oxygens (including phenoxy) is 1. The summed E-state index contributed by atoms with van der Waals surface area (Å²) in [7, 11) is -1.80. The van der Waals surface area contributed by atoms with Gasteiger partial charge in [0.15, 0.2) is 8.32 Å². The Labute approximate surface area is 150 Å². The average Bonchev–Trinajstić information content (AvgIpc) is 2.77. The van der Waals surface area contributed by atoms with E-state index in [4.69, 9.17) is 9.16 Å². The first kappa shape index (κ1) is 21.5. The highest BCUT2D eigenvalue weighted by Crippen LogP contribution is 2.37. The molecule has 5 heteroatoms. The van der Waals surface area contributed by atoms with Gasteiger partial charge in [0, 0.05) is 6.54 Å². The Morgan fingerprint density at radius 2 is 1.75 bits per heavy atom. The average molecular weight is 358 g/mol. The van der Waals surface area contributed by atoms with E-state index in [1.54, 1.807) is 0 Å². The van der Waals surface area contributed by atoms with Gasteiger partial charge in [-0.2, -0.15) is 0 Å². The molecule has 0 radical (unpaired) electrons. The minimum Gasteiger partial charge on any atom is -0.444 e. The topological polar surface area (TPSA) is 38.8 Å². The van der Waals surface area contributed by atoms with Gasteiger partial charge in [-0.25, -0.2) is 4.79 Å². The number of rotatable bonds is 5. The molecule has 142 valence electrons. The minimum absolute atomic E-state index is 0.144. The molecule has 0 saturated carbocycles. The molecule has 0 aromatic heterocycles. The van der Waals surface area contributed by atoms with E-state index in [1.807, 2.05) is 25.7 Å². The monoisotopic (exact) mass is 357 g/mol. The third kappa shape index (κ3) is 6.07. The smallest absolute Gasteiger partial charge is 0.410 e. The lowest BCUT2D eigenvalue weighted by Gasteiger charge is -2.38. The maximum Gasteiger partial charge on any atom is 0.410 e. The Kier molecular flexibility index (Phi) is 6.96. The molecule has 1 fully saturated rings. The van der Waals surface area contributed by atoms with Crippen molar-refractivity contribution in [2.24, 2.45) is 5.92 Å². The molecule has 0 aliphatic carbocycles. The second-order valence-electron chi connectivity index (χ2n) is 9.75. The van der Waals surface area contributed by atoms with Crippen molar-refractivity contribution < 1.29 is 14.0 Å². The fraction of sp³-hybridized carbons (Fsp3) is 0.947. The fourth-order valence-electron chi connectivity index (χ4n) is 2.85. The van der Waals surface area contributed by atoms with Crippen LogP contribution in [0.2, 0.25) is 18.1 Å². The van der Waals surface area contributed by atoms with Crippen LogP contribution in [-0.2, 0) is 9.16 Å². The Bertz CT molecular complexity index is 423. The summed E-state index contributed by atoms with van der Waals surface area (Å²) in [6.07, 6.45) is 3.16. The summed E-state index contributed by atoms with van der Waals surface area (Å²) in [5.74, 6) is 0.565. The van der Waals surface area contributed by atoms with Crippen molar-refractivity contribution in [3.63, 3.8) is 0 Å². The number of amides is 1. The van der Waals surface area contributed by atoms with Crippen molar-refractivity contribution in [1.82, 2.24) is 4.90 Å². The summed E-state index contributed by atoms with van der Waals surface area (Å²) in [6, 6.07) is 0.144. The van der Waals surface area contributed by atoms with Crippen LogP contribution in [-0.4, -0.2) is 44.1 Å². The second-order valence-corrected chi connectivity index (χ2v) is 14.6. The molecule has 0 aromatic carbocycles. The normalized spacial score (nSPS) is 22.8. The fourth-order valence-corrected chi connectivity index (χ4v) is 3.90. The predicted molar refractivity (Wildman–Crippen MR) is 103 cm³/mol. The first-order valence-corrected chi connectivity index (χ1v) is 12.3. The van der Waals surface area contributed by atoms with E-state index in [0.717, 1.165) is 25.8 Å². The Hall–Kier alpha value is -0.553. The van der Waals surface area contributed by atoms with E-state index in [-0.39, 0.29) is 17.2 Å². The number of likely N-dealkylation sites (tertiary alicyclic amines) is 1. The highest BCUT2D eigenvalue weighted by Gasteiger charge is 2.41. The van der Waals surface area contributed by atoms with Gasteiger partial charge in [-0.05, 0) is 57.7 Å². The first-order chi connectivity index (χ1) is 10.8. The van der Waals surface area contributed by atoms with Crippen LogP contribution in [0, 0.1) is 5.92 Å². The molecule has 0 aromatic rings. The van der Waals surface area contributed by atoms with Gasteiger partial charge in [0.2, 0.25) is 0 Å². The van der Waals surface area contributed by atoms with Crippen molar-refractivity contribution in [3.05, 3.63) is 0 Å². The zero-order chi connectivity index (χ0) is 18.8. The molecule has 1 heterocycles. The van der Waals surface area contributed by atoms with Crippen molar-refractivity contribution in [2.75, 3.05) is 13.2 Å². The van der Waals surface area contributed by atoms with Crippen LogP contribution in [0.1, 0.15) is 67.7 Å². The molecular formula is C19H39NO3Si. The summed E-state index contributed by atoms with van der Waals surface area (Å²) in [5, 5.41) is 0.186. The third-order valence-corrected chi connectivity index (χ3v) is 9.77. The number of nitrogens with zero attached hydrogens (tertiary/aromatic N) is 1. The quantitative estimate of drug-likeness (QED) is 0.615. The van der Waals surface area contributed by atoms with E-state index in [0.29, 0.717) is 12.5 Å². The van der Waals surface area contributed by atoms with Crippen molar-refractivity contribution in [3.8, 4) is 0 Å². The van der Waals surface area contributed by atoms with Crippen molar-refractivity contribution in [1.29, 1.82) is 0 Å². The zero-order valence-corrected chi connectivity index (χ0v) is 18.4. The van der Waals surface area contributed by atoms with Gasteiger partial charge in [-0.15, -0.1) is 0 Å². The number of carbonyl (C=O) groups is 1. The van der Waals surface area contributed by atoms with E-state index in [1.165, 1.54) is 0 Å². The Morgan fingerprint density at radius 1 is 1.17 bits per heavy atom. The largest absolute Gasteiger partial charge is 0.444 e. The van der Waals surface area contributed by atoms with Gasteiger partial charge < -0.3 is 14.1 Å². The number of hydrogen-bond acceptors (Lipinski definition) is 3. The maximum absolute atomic E-state index is 12.6. The lowest BCUT2D eigenvalue weighted by Crippen LogP contribution is -2.46. The highest BCUT2D eigenvalue weighted by atomic mass is 28.4. The number of carbonyl (C=O) groups excluding carboxylic acids is 1.